The van der Waals surface area contributed by atoms with Gasteiger partial charge in [0.05, 0.1) is 0 Å². The third-order valence-electron chi connectivity index (χ3n) is 4.89. The molecule has 1 saturated carbocycles. The third-order valence-corrected chi connectivity index (χ3v) is 4.89. The number of carbonyl (C=O) groups is 1. The molecule has 0 aromatic carbocycles. The monoisotopic (exact) mass is 210 g/mol. The highest BCUT2D eigenvalue weighted by Crippen LogP contribution is 2.59. The van der Waals surface area contributed by atoms with E-state index in [0.29, 0.717) is 5.92 Å². The van der Waals surface area contributed by atoms with Crippen LogP contribution in [-0.2, 0) is 4.74 Å². The molecule has 84 valence electrons. The molecule has 0 unspecified atom stereocenters. The molecule has 2 aliphatic heterocycles. The molecule has 3 rings (SSSR count). The molecule has 4 nitrogen and oxygen atoms in total. The van der Waals surface area contributed by atoms with Gasteiger partial charge in [-0.25, -0.2) is 15.2 Å². The number of ether oxygens (including phenoxy) is 1. The number of amides is 1. The van der Waals surface area contributed by atoms with Crippen LogP contribution >= 0.6 is 0 Å². The fourth-order valence-corrected chi connectivity index (χ4v) is 3.89. The Bertz CT molecular complexity index is 354. The molecule has 2 heterocycles. The predicted octanol–water partition coefficient (Wildman–Crippen LogP) is 1.66. The Morgan fingerprint density at radius 3 is 2.73 bits per heavy atom. The summed E-state index contributed by atoms with van der Waals surface area (Å²) in [7, 11) is 0. The van der Waals surface area contributed by atoms with Crippen LogP contribution in [0.5, 0.6) is 0 Å². The van der Waals surface area contributed by atoms with Crippen LogP contribution in [0.4, 0.5) is 4.79 Å². The van der Waals surface area contributed by atoms with E-state index in [1.165, 1.54) is 0 Å². The SMILES string of the molecule is CC1(C)NN2C(=O)O[C@]3(C)CC[C@H]1[C@@]23C. The molecular weight excluding hydrogens is 192 g/mol. The average Bonchev–Trinajstić information content (AvgIpc) is 2.54. The number of nitrogens with one attached hydrogen (secondary N) is 1. The van der Waals surface area contributed by atoms with E-state index in [4.69, 9.17) is 4.74 Å². The minimum Gasteiger partial charge on any atom is -0.440 e. The number of hydrogen-bond acceptors (Lipinski definition) is 3. The van der Waals surface area contributed by atoms with Gasteiger partial charge in [0.2, 0.25) is 0 Å². The Balaban J connectivity index is 2.16. The van der Waals surface area contributed by atoms with Gasteiger partial charge in [0.15, 0.2) is 0 Å². The van der Waals surface area contributed by atoms with Crippen LogP contribution in [0.1, 0.15) is 40.5 Å². The minimum atomic E-state index is -0.310. The van der Waals surface area contributed by atoms with Crippen molar-refractivity contribution in [3.8, 4) is 0 Å². The van der Waals surface area contributed by atoms with Gasteiger partial charge in [-0.2, -0.15) is 0 Å². The number of carbonyl (C=O) groups excluding carboxylic acids is 1. The van der Waals surface area contributed by atoms with Crippen molar-refractivity contribution in [1.29, 1.82) is 0 Å². The first-order valence-corrected chi connectivity index (χ1v) is 5.62. The second kappa shape index (κ2) is 2.17. The van der Waals surface area contributed by atoms with Gasteiger partial charge >= 0.3 is 6.09 Å². The van der Waals surface area contributed by atoms with Crippen LogP contribution in [0.25, 0.3) is 0 Å². The molecule has 1 amide bonds. The highest BCUT2D eigenvalue weighted by Gasteiger charge is 2.73. The van der Waals surface area contributed by atoms with Crippen molar-refractivity contribution in [3.63, 3.8) is 0 Å². The van der Waals surface area contributed by atoms with Crippen LogP contribution in [0, 0.1) is 5.92 Å². The summed E-state index contributed by atoms with van der Waals surface area (Å²) in [4.78, 5) is 11.8. The zero-order valence-electron chi connectivity index (χ0n) is 9.76. The van der Waals surface area contributed by atoms with Crippen molar-refractivity contribution in [2.24, 2.45) is 5.92 Å². The highest BCUT2D eigenvalue weighted by atomic mass is 16.6. The summed E-state index contributed by atoms with van der Waals surface area (Å²) in [5.41, 5.74) is 2.81. The molecule has 3 atom stereocenters. The average molecular weight is 210 g/mol. The molecule has 0 radical (unpaired) electrons. The summed E-state index contributed by atoms with van der Waals surface area (Å²) >= 11 is 0. The Labute approximate surface area is 89.9 Å². The van der Waals surface area contributed by atoms with Gasteiger partial charge in [-0.05, 0) is 40.5 Å². The summed E-state index contributed by atoms with van der Waals surface area (Å²) < 4.78 is 5.53. The molecule has 0 aromatic rings. The topological polar surface area (TPSA) is 41.6 Å². The van der Waals surface area contributed by atoms with E-state index < -0.39 is 0 Å². The van der Waals surface area contributed by atoms with Crippen molar-refractivity contribution in [2.45, 2.75) is 57.2 Å². The first kappa shape index (κ1) is 9.46. The fourth-order valence-electron chi connectivity index (χ4n) is 3.89. The highest BCUT2D eigenvalue weighted by molar-refractivity contribution is 5.73. The van der Waals surface area contributed by atoms with Crippen molar-refractivity contribution in [1.82, 2.24) is 10.4 Å². The van der Waals surface area contributed by atoms with Gasteiger partial charge in [-0.15, -0.1) is 0 Å². The van der Waals surface area contributed by atoms with Gasteiger partial charge < -0.3 is 4.74 Å². The normalized spacial score (nSPS) is 50.8. The van der Waals surface area contributed by atoms with E-state index in [1.807, 2.05) is 0 Å². The van der Waals surface area contributed by atoms with Crippen molar-refractivity contribution in [2.75, 3.05) is 0 Å². The van der Waals surface area contributed by atoms with Gasteiger partial charge in [0.25, 0.3) is 0 Å². The van der Waals surface area contributed by atoms with E-state index in [9.17, 15) is 4.79 Å². The van der Waals surface area contributed by atoms with Gasteiger partial charge in [-0.1, -0.05) is 0 Å². The van der Waals surface area contributed by atoms with E-state index in [-0.39, 0.29) is 22.8 Å². The quantitative estimate of drug-likeness (QED) is 0.661. The van der Waals surface area contributed by atoms with Gasteiger partial charge in [-0.3, -0.25) is 0 Å². The van der Waals surface area contributed by atoms with Crippen LogP contribution in [0.15, 0.2) is 0 Å². The maximum absolute atomic E-state index is 11.8. The molecule has 3 aliphatic rings. The fraction of sp³-hybridized carbons (Fsp3) is 0.909. The first-order valence-electron chi connectivity index (χ1n) is 5.62. The maximum atomic E-state index is 11.8. The minimum absolute atomic E-state index is 0.00799. The van der Waals surface area contributed by atoms with Crippen LogP contribution in [0.3, 0.4) is 0 Å². The molecule has 0 bridgehead atoms. The molecule has 2 saturated heterocycles. The standard InChI is InChI=1S/C11H18N2O2/c1-9(2)7-5-6-10(3)11(7,4)13(12-9)8(14)15-10/h7,12H,5-6H2,1-4H3/t7-,10-,11-/m1/s1. The van der Waals surface area contributed by atoms with E-state index in [0.717, 1.165) is 12.8 Å². The Hall–Kier alpha value is -0.770. The summed E-state index contributed by atoms with van der Waals surface area (Å²) in [5, 5.41) is 1.73. The lowest BCUT2D eigenvalue weighted by Gasteiger charge is -2.34. The number of nitrogens with zero attached hydrogens (tertiary/aromatic N) is 1. The Morgan fingerprint density at radius 1 is 1.40 bits per heavy atom. The Morgan fingerprint density at radius 2 is 2.07 bits per heavy atom. The van der Waals surface area contributed by atoms with Crippen LogP contribution in [0.2, 0.25) is 0 Å². The zero-order chi connectivity index (χ0) is 11.1. The second-order valence-electron chi connectivity index (χ2n) is 6.01. The maximum Gasteiger partial charge on any atom is 0.425 e. The van der Waals surface area contributed by atoms with E-state index in [2.05, 4.69) is 33.1 Å². The summed E-state index contributed by atoms with van der Waals surface area (Å²) in [6.07, 6.45) is 1.88. The van der Waals surface area contributed by atoms with Gasteiger partial charge in [0.1, 0.15) is 11.1 Å². The van der Waals surface area contributed by atoms with Crippen molar-refractivity contribution in [3.05, 3.63) is 0 Å². The summed E-state index contributed by atoms with van der Waals surface area (Å²) in [5.74, 6) is 0.474. The lowest BCUT2D eigenvalue weighted by atomic mass is 9.74. The van der Waals surface area contributed by atoms with Crippen molar-refractivity contribution < 1.29 is 9.53 Å². The van der Waals surface area contributed by atoms with Crippen molar-refractivity contribution >= 4 is 6.09 Å². The smallest absolute Gasteiger partial charge is 0.425 e. The molecule has 0 aromatic heterocycles. The molecule has 15 heavy (non-hydrogen) atoms. The molecule has 3 fully saturated rings. The van der Waals surface area contributed by atoms with Crippen LogP contribution < -0.4 is 5.43 Å². The summed E-state index contributed by atoms with van der Waals surface area (Å²) in [6, 6.07) is 0. The number of rotatable bonds is 0. The number of hydrazine groups is 1. The largest absolute Gasteiger partial charge is 0.440 e. The van der Waals surface area contributed by atoms with Gasteiger partial charge in [0, 0.05) is 11.5 Å². The molecule has 0 spiro atoms. The lowest BCUT2D eigenvalue weighted by molar-refractivity contribution is 0.0267. The van der Waals surface area contributed by atoms with Crippen LogP contribution in [-0.4, -0.2) is 27.8 Å². The number of hydrogen-bond donors (Lipinski definition) is 1. The second-order valence-corrected chi connectivity index (χ2v) is 6.01. The third kappa shape index (κ3) is 0.781. The zero-order valence-corrected chi connectivity index (χ0v) is 9.76. The van der Waals surface area contributed by atoms with E-state index >= 15 is 0 Å². The first-order chi connectivity index (χ1) is 6.81. The molecule has 4 heteroatoms. The predicted molar refractivity (Wildman–Crippen MR) is 55.1 cm³/mol. The molecular formula is C11H18N2O2. The van der Waals surface area contributed by atoms with E-state index in [1.54, 1.807) is 5.01 Å². The molecule has 1 aliphatic carbocycles. The lowest BCUT2D eigenvalue weighted by Crippen LogP contribution is -2.52. The summed E-state index contributed by atoms with van der Waals surface area (Å²) in [6.45, 7) is 8.55. The Kier molecular flexibility index (Phi) is 1.37. The molecule has 1 N–H and O–H groups in total.